The van der Waals surface area contributed by atoms with Gasteiger partial charge in [-0.3, -0.25) is 15.0 Å². The van der Waals surface area contributed by atoms with Crippen molar-refractivity contribution in [1.29, 1.82) is 0 Å². The van der Waals surface area contributed by atoms with E-state index in [9.17, 15) is 18.0 Å². The molecule has 0 saturated carbocycles. The zero-order valence-electron chi connectivity index (χ0n) is 16.0. The molecule has 0 saturated heterocycles. The number of rotatable bonds is 8. The SMILES string of the molecule is COc1cc(C(=O)NNS(=O)(=O)c2ccc(C(C)=O)cc2)ccc1OC(C)C. The second-order valence-electron chi connectivity index (χ2n) is 6.17. The number of methoxy groups -OCH3 is 1. The number of sulfonamides is 1. The highest BCUT2D eigenvalue weighted by atomic mass is 32.2. The van der Waals surface area contributed by atoms with Gasteiger partial charge >= 0.3 is 0 Å². The number of hydrogen-bond acceptors (Lipinski definition) is 6. The van der Waals surface area contributed by atoms with Crippen LogP contribution in [0.2, 0.25) is 0 Å². The Hall–Kier alpha value is -2.91. The summed E-state index contributed by atoms with van der Waals surface area (Å²) in [5.74, 6) is -0.0217. The summed E-state index contributed by atoms with van der Waals surface area (Å²) in [5, 5.41) is 0. The van der Waals surface area contributed by atoms with E-state index in [1.165, 1.54) is 50.4 Å². The van der Waals surface area contributed by atoms with Gasteiger partial charge in [0.15, 0.2) is 17.3 Å². The number of carbonyl (C=O) groups excluding carboxylic acids is 2. The third kappa shape index (κ3) is 5.30. The molecule has 0 aliphatic rings. The third-order valence-electron chi connectivity index (χ3n) is 3.66. The van der Waals surface area contributed by atoms with E-state index in [0.29, 0.717) is 17.1 Å². The predicted molar refractivity (Wildman–Crippen MR) is 103 cm³/mol. The molecule has 9 heteroatoms. The number of Topliss-reactive ketones (excluding diaryl/α,β-unsaturated/α-hetero) is 1. The molecule has 0 aliphatic carbocycles. The molecule has 0 atom stereocenters. The molecule has 2 N–H and O–H groups in total. The minimum Gasteiger partial charge on any atom is -0.493 e. The smallest absolute Gasteiger partial charge is 0.266 e. The van der Waals surface area contributed by atoms with Gasteiger partial charge in [0, 0.05) is 11.1 Å². The van der Waals surface area contributed by atoms with Crippen molar-refractivity contribution in [2.75, 3.05) is 7.11 Å². The average Bonchev–Trinajstić information content (AvgIpc) is 2.66. The summed E-state index contributed by atoms with van der Waals surface area (Å²) in [4.78, 5) is 25.5. The van der Waals surface area contributed by atoms with Gasteiger partial charge in [-0.2, -0.15) is 0 Å². The van der Waals surface area contributed by atoms with Gasteiger partial charge in [0.25, 0.3) is 15.9 Å². The van der Waals surface area contributed by atoms with E-state index in [-0.39, 0.29) is 22.3 Å². The minimum absolute atomic E-state index is 0.0743. The second kappa shape index (κ2) is 8.85. The topological polar surface area (TPSA) is 111 Å². The highest BCUT2D eigenvalue weighted by molar-refractivity contribution is 7.89. The average molecular weight is 406 g/mol. The molecule has 150 valence electrons. The third-order valence-corrected chi connectivity index (χ3v) is 4.92. The van der Waals surface area contributed by atoms with Crippen molar-refractivity contribution in [1.82, 2.24) is 10.3 Å². The monoisotopic (exact) mass is 406 g/mol. The van der Waals surface area contributed by atoms with E-state index in [2.05, 4.69) is 5.43 Å². The van der Waals surface area contributed by atoms with Crippen LogP contribution in [-0.4, -0.2) is 33.3 Å². The van der Waals surface area contributed by atoms with Gasteiger partial charge in [-0.1, -0.05) is 12.1 Å². The van der Waals surface area contributed by atoms with Crippen LogP contribution < -0.4 is 19.7 Å². The number of hydrogen-bond donors (Lipinski definition) is 2. The van der Waals surface area contributed by atoms with Crippen molar-refractivity contribution in [3.8, 4) is 11.5 Å². The van der Waals surface area contributed by atoms with Crippen molar-refractivity contribution in [3.63, 3.8) is 0 Å². The van der Waals surface area contributed by atoms with E-state index in [1.807, 2.05) is 18.7 Å². The molecule has 0 aromatic heterocycles. The first-order chi connectivity index (χ1) is 13.1. The summed E-state index contributed by atoms with van der Waals surface area (Å²) >= 11 is 0. The normalized spacial score (nSPS) is 11.2. The molecule has 2 aromatic rings. The molecule has 0 aliphatic heterocycles. The number of carbonyl (C=O) groups is 2. The fraction of sp³-hybridized carbons (Fsp3) is 0.263. The van der Waals surface area contributed by atoms with Crippen molar-refractivity contribution in [2.45, 2.75) is 31.8 Å². The molecule has 0 radical (unpaired) electrons. The minimum atomic E-state index is -3.99. The highest BCUT2D eigenvalue weighted by Crippen LogP contribution is 2.28. The molecule has 1 amide bonds. The summed E-state index contributed by atoms with van der Waals surface area (Å²) in [6.07, 6.45) is -0.0743. The quantitative estimate of drug-likeness (QED) is 0.514. The molecule has 0 spiro atoms. The largest absolute Gasteiger partial charge is 0.493 e. The standard InChI is InChI=1S/C19H22N2O6S/c1-12(2)27-17-10-7-15(11-18(17)26-4)19(23)20-21-28(24,25)16-8-5-14(6-9-16)13(3)22/h5-12,21H,1-4H3,(H,20,23). The lowest BCUT2D eigenvalue weighted by molar-refractivity contribution is 0.0944. The molecule has 2 aromatic carbocycles. The number of benzene rings is 2. The molecule has 0 fully saturated rings. The van der Waals surface area contributed by atoms with Crippen LogP contribution in [0.4, 0.5) is 0 Å². The van der Waals surface area contributed by atoms with Crippen LogP contribution in [-0.2, 0) is 10.0 Å². The molecule has 8 nitrogen and oxygen atoms in total. The maximum absolute atomic E-state index is 12.3. The second-order valence-corrected chi connectivity index (χ2v) is 7.85. The molecular weight excluding hydrogens is 384 g/mol. The Morgan fingerprint density at radius 3 is 2.11 bits per heavy atom. The Balaban J connectivity index is 2.11. The zero-order chi connectivity index (χ0) is 20.9. The number of ether oxygens (including phenoxy) is 2. The first kappa shape index (κ1) is 21.4. The van der Waals surface area contributed by atoms with Gasteiger partial charge in [0.05, 0.1) is 18.1 Å². The first-order valence-corrected chi connectivity index (χ1v) is 9.90. The Labute approximate surface area is 163 Å². The van der Waals surface area contributed by atoms with Crippen LogP contribution >= 0.6 is 0 Å². The Bertz CT molecular complexity index is 968. The molecular formula is C19H22N2O6S. The maximum Gasteiger partial charge on any atom is 0.266 e. The summed E-state index contributed by atoms with van der Waals surface area (Å²) < 4.78 is 35.4. The van der Waals surface area contributed by atoms with Crippen molar-refractivity contribution in [2.24, 2.45) is 0 Å². The lowest BCUT2D eigenvalue weighted by Crippen LogP contribution is -2.41. The van der Waals surface area contributed by atoms with Crippen LogP contribution in [0.3, 0.4) is 0 Å². The molecule has 0 bridgehead atoms. The van der Waals surface area contributed by atoms with E-state index in [0.717, 1.165) is 0 Å². The number of hydrazine groups is 1. The molecule has 0 heterocycles. The highest BCUT2D eigenvalue weighted by Gasteiger charge is 2.17. The van der Waals surface area contributed by atoms with Gasteiger partial charge in [-0.25, -0.2) is 8.42 Å². The Morgan fingerprint density at radius 1 is 0.964 bits per heavy atom. The van der Waals surface area contributed by atoms with Crippen LogP contribution in [0, 0.1) is 0 Å². The van der Waals surface area contributed by atoms with Gasteiger partial charge < -0.3 is 9.47 Å². The van der Waals surface area contributed by atoms with Crippen LogP contribution in [0.15, 0.2) is 47.4 Å². The van der Waals surface area contributed by atoms with E-state index < -0.39 is 15.9 Å². The fourth-order valence-corrected chi connectivity index (χ4v) is 3.11. The summed E-state index contributed by atoms with van der Waals surface area (Å²) in [6, 6.07) is 9.88. The molecule has 0 unspecified atom stereocenters. The van der Waals surface area contributed by atoms with Crippen molar-refractivity contribution in [3.05, 3.63) is 53.6 Å². The van der Waals surface area contributed by atoms with E-state index in [1.54, 1.807) is 6.07 Å². The van der Waals surface area contributed by atoms with Crippen LogP contribution in [0.5, 0.6) is 11.5 Å². The lowest BCUT2D eigenvalue weighted by Gasteiger charge is -2.14. The maximum atomic E-state index is 12.3. The van der Waals surface area contributed by atoms with Gasteiger partial charge in [-0.15, -0.1) is 4.83 Å². The van der Waals surface area contributed by atoms with Crippen LogP contribution in [0.25, 0.3) is 0 Å². The van der Waals surface area contributed by atoms with Gasteiger partial charge in [0.2, 0.25) is 0 Å². The van der Waals surface area contributed by atoms with Crippen molar-refractivity contribution < 1.29 is 27.5 Å². The number of amides is 1. The zero-order valence-corrected chi connectivity index (χ0v) is 16.8. The number of ketones is 1. The van der Waals surface area contributed by atoms with Crippen LogP contribution in [0.1, 0.15) is 41.5 Å². The number of nitrogens with one attached hydrogen (secondary N) is 2. The fourth-order valence-electron chi connectivity index (χ4n) is 2.27. The van der Waals surface area contributed by atoms with Crippen molar-refractivity contribution >= 4 is 21.7 Å². The summed E-state index contributed by atoms with van der Waals surface area (Å²) in [7, 11) is -2.55. The molecule has 2 rings (SSSR count). The first-order valence-electron chi connectivity index (χ1n) is 8.42. The summed E-state index contributed by atoms with van der Waals surface area (Å²) in [5.41, 5.74) is 2.72. The van der Waals surface area contributed by atoms with E-state index in [4.69, 9.17) is 9.47 Å². The van der Waals surface area contributed by atoms with Gasteiger partial charge in [-0.05, 0) is 51.1 Å². The Kier molecular flexibility index (Phi) is 6.76. The predicted octanol–water partition coefficient (Wildman–Crippen LogP) is 2.31. The van der Waals surface area contributed by atoms with E-state index >= 15 is 0 Å². The lowest BCUT2D eigenvalue weighted by atomic mass is 10.2. The molecule has 28 heavy (non-hydrogen) atoms. The Morgan fingerprint density at radius 2 is 1.57 bits per heavy atom. The summed E-state index contributed by atoms with van der Waals surface area (Å²) in [6.45, 7) is 5.10. The van der Waals surface area contributed by atoms with Gasteiger partial charge in [0.1, 0.15) is 0 Å².